The Balaban J connectivity index is 2.40. The fourth-order valence-corrected chi connectivity index (χ4v) is 3.58. The predicted molar refractivity (Wildman–Crippen MR) is 81.7 cm³/mol. The zero-order chi connectivity index (χ0) is 13.6. The molecule has 0 spiro atoms. The Hall–Kier alpha value is -0.0400. The van der Waals surface area contributed by atoms with Crippen molar-refractivity contribution in [3.63, 3.8) is 0 Å². The minimum atomic E-state index is 0.489. The Labute approximate surface area is 115 Å². The summed E-state index contributed by atoms with van der Waals surface area (Å²) in [7, 11) is 0. The lowest BCUT2D eigenvalue weighted by atomic mass is 9.62. The second-order valence-electron chi connectivity index (χ2n) is 7.66. The molecule has 1 saturated carbocycles. The standard InChI is InChI=1S/C17H35N/c1-5-6-7-8-11-17(14-18)12-9-15(10-13-17)16(2,3)4/h15H,5-14,18H2,1-4H3. The van der Waals surface area contributed by atoms with Crippen LogP contribution in [-0.2, 0) is 0 Å². The normalized spacial score (nSPS) is 29.5. The van der Waals surface area contributed by atoms with Crippen molar-refractivity contribution in [3.8, 4) is 0 Å². The summed E-state index contributed by atoms with van der Waals surface area (Å²) in [5.74, 6) is 0.910. The van der Waals surface area contributed by atoms with E-state index in [1.165, 1.54) is 57.8 Å². The molecule has 0 saturated heterocycles. The van der Waals surface area contributed by atoms with Gasteiger partial charge in [-0.25, -0.2) is 0 Å². The Morgan fingerprint density at radius 3 is 2.11 bits per heavy atom. The first-order valence-corrected chi connectivity index (χ1v) is 8.13. The summed E-state index contributed by atoms with van der Waals surface area (Å²) in [5, 5.41) is 0. The minimum Gasteiger partial charge on any atom is -0.330 e. The zero-order valence-corrected chi connectivity index (χ0v) is 13.2. The van der Waals surface area contributed by atoms with Crippen LogP contribution >= 0.6 is 0 Å². The molecule has 2 N–H and O–H groups in total. The molecule has 0 aromatic heterocycles. The fraction of sp³-hybridized carbons (Fsp3) is 1.00. The molecule has 0 amide bonds. The quantitative estimate of drug-likeness (QED) is 0.652. The van der Waals surface area contributed by atoms with Crippen molar-refractivity contribution < 1.29 is 0 Å². The van der Waals surface area contributed by atoms with Crippen molar-refractivity contribution in [2.45, 2.75) is 85.5 Å². The molecule has 1 fully saturated rings. The lowest BCUT2D eigenvalue weighted by molar-refractivity contribution is 0.0841. The van der Waals surface area contributed by atoms with Crippen molar-refractivity contribution in [1.29, 1.82) is 0 Å². The third kappa shape index (κ3) is 4.57. The van der Waals surface area contributed by atoms with Gasteiger partial charge in [-0.05, 0) is 55.4 Å². The summed E-state index contributed by atoms with van der Waals surface area (Å²) >= 11 is 0. The van der Waals surface area contributed by atoms with Crippen LogP contribution in [0.5, 0.6) is 0 Å². The van der Waals surface area contributed by atoms with E-state index in [4.69, 9.17) is 5.73 Å². The van der Waals surface area contributed by atoms with Crippen molar-refractivity contribution in [2.24, 2.45) is 22.5 Å². The molecular formula is C17H35N. The number of hydrogen-bond acceptors (Lipinski definition) is 1. The molecule has 0 atom stereocenters. The molecule has 0 heterocycles. The van der Waals surface area contributed by atoms with Crippen LogP contribution in [0.15, 0.2) is 0 Å². The van der Waals surface area contributed by atoms with Gasteiger partial charge in [0.15, 0.2) is 0 Å². The maximum Gasteiger partial charge on any atom is -0.00205 e. The third-order valence-corrected chi connectivity index (χ3v) is 5.26. The summed E-state index contributed by atoms with van der Waals surface area (Å²) in [6, 6.07) is 0. The van der Waals surface area contributed by atoms with Crippen LogP contribution in [0, 0.1) is 16.7 Å². The minimum absolute atomic E-state index is 0.489. The summed E-state index contributed by atoms with van der Waals surface area (Å²) in [4.78, 5) is 0. The highest BCUT2D eigenvalue weighted by atomic mass is 14.6. The molecule has 108 valence electrons. The van der Waals surface area contributed by atoms with Gasteiger partial charge < -0.3 is 5.73 Å². The first kappa shape index (κ1) is 16.0. The van der Waals surface area contributed by atoms with Gasteiger partial charge in [-0.1, -0.05) is 53.4 Å². The molecule has 0 aromatic rings. The van der Waals surface area contributed by atoms with Gasteiger partial charge in [0.25, 0.3) is 0 Å². The molecule has 0 radical (unpaired) electrons. The highest BCUT2D eigenvalue weighted by Crippen LogP contribution is 2.47. The van der Waals surface area contributed by atoms with Gasteiger partial charge in [-0.2, -0.15) is 0 Å². The molecule has 0 unspecified atom stereocenters. The highest BCUT2D eigenvalue weighted by molar-refractivity contribution is 4.89. The molecule has 1 rings (SSSR count). The summed E-state index contributed by atoms with van der Waals surface area (Å²) in [6.45, 7) is 10.4. The number of unbranched alkanes of at least 4 members (excludes halogenated alkanes) is 3. The molecule has 0 aliphatic heterocycles. The van der Waals surface area contributed by atoms with Gasteiger partial charge in [0.2, 0.25) is 0 Å². The lowest BCUT2D eigenvalue weighted by Gasteiger charge is -2.44. The van der Waals surface area contributed by atoms with Crippen molar-refractivity contribution >= 4 is 0 Å². The summed E-state index contributed by atoms with van der Waals surface area (Å²) < 4.78 is 0. The summed E-state index contributed by atoms with van der Waals surface area (Å²) in [5.41, 5.74) is 7.09. The van der Waals surface area contributed by atoms with Crippen LogP contribution in [0.2, 0.25) is 0 Å². The van der Waals surface area contributed by atoms with Crippen molar-refractivity contribution in [3.05, 3.63) is 0 Å². The van der Waals surface area contributed by atoms with Gasteiger partial charge in [-0.15, -0.1) is 0 Å². The van der Waals surface area contributed by atoms with Crippen LogP contribution in [-0.4, -0.2) is 6.54 Å². The smallest absolute Gasteiger partial charge is 0.00205 e. The fourth-order valence-electron chi connectivity index (χ4n) is 3.58. The van der Waals surface area contributed by atoms with E-state index >= 15 is 0 Å². The Kier molecular flexibility index (Phi) is 6.17. The monoisotopic (exact) mass is 253 g/mol. The van der Waals surface area contributed by atoms with Crippen LogP contribution in [0.3, 0.4) is 0 Å². The topological polar surface area (TPSA) is 26.0 Å². The number of hydrogen-bond donors (Lipinski definition) is 1. The van der Waals surface area contributed by atoms with E-state index in [0.29, 0.717) is 10.8 Å². The Bertz CT molecular complexity index is 218. The highest BCUT2D eigenvalue weighted by Gasteiger charge is 2.37. The van der Waals surface area contributed by atoms with Crippen LogP contribution in [0.25, 0.3) is 0 Å². The maximum atomic E-state index is 6.11. The van der Waals surface area contributed by atoms with E-state index in [1.54, 1.807) is 0 Å². The predicted octanol–water partition coefficient (Wildman–Crippen LogP) is 5.14. The molecule has 0 bridgehead atoms. The third-order valence-electron chi connectivity index (χ3n) is 5.26. The van der Waals surface area contributed by atoms with Gasteiger partial charge in [0.1, 0.15) is 0 Å². The van der Waals surface area contributed by atoms with Crippen LogP contribution in [0.4, 0.5) is 0 Å². The van der Waals surface area contributed by atoms with Gasteiger partial charge >= 0.3 is 0 Å². The molecule has 1 nitrogen and oxygen atoms in total. The average Bonchev–Trinajstić information content (AvgIpc) is 2.34. The molecule has 18 heavy (non-hydrogen) atoms. The van der Waals surface area contributed by atoms with Gasteiger partial charge in [-0.3, -0.25) is 0 Å². The van der Waals surface area contributed by atoms with E-state index in [1.807, 2.05) is 0 Å². The Morgan fingerprint density at radius 1 is 1.06 bits per heavy atom. The second kappa shape index (κ2) is 6.93. The van der Waals surface area contributed by atoms with Crippen LogP contribution in [0.1, 0.15) is 85.5 Å². The molecular weight excluding hydrogens is 218 g/mol. The van der Waals surface area contributed by atoms with Gasteiger partial charge in [0, 0.05) is 0 Å². The van der Waals surface area contributed by atoms with Crippen molar-refractivity contribution in [1.82, 2.24) is 0 Å². The SMILES string of the molecule is CCCCCCC1(CN)CCC(C(C)(C)C)CC1. The maximum absolute atomic E-state index is 6.11. The van der Waals surface area contributed by atoms with Crippen LogP contribution < -0.4 is 5.73 Å². The zero-order valence-electron chi connectivity index (χ0n) is 13.2. The molecule has 1 heteroatoms. The van der Waals surface area contributed by atoms with E-state index in [0.717, 1.165) is 12.5 Å². The van der Waals surface area contributed by atoms with E-state index in [2.05, 4.69) is 27.7 Å². The summed E-state index contributed by atoms with van der Waals surface area (Å²) in [6.07, 6.45) is 12.4. The number of rotatable bonds is 6. The van der Waals surface area contributed by atoms with Gasteiger partial charge in [0.05, 0.1) is 0 Å². The Morgan fingerprint density at radius 2 is 1.67 bits per heavy atom. The van der Waals surface area contributed by atoms with E-state index in [9.17, 15) is 0 Å². The largest absolute Gasteiger partial charge is 0.330 e. The molecule has 0 aromatic carbocycles. The van der Waals surface area contributed by atoms with Crippen molar-refractivity contribution in [2.75, 3.05) is 6.54 Å². The average molecular weight is 253 g/mol. The van der Waals surface area contributed by atoms with E-state index in [-0.39, 0.29) is 0 Å². The first-order chi connectivity index (χ1) is 8.43. The first-order valence-electron chi connectivity index (χ1n) is 8.13. The number of nitrogens with two attached hydrogens (primary N) is 1. The molecule has 1 aliphatic carbocycles. The lowest BCUT2D eigenvalue weighted by Crippen LogP contribution is -2.37. The molecule has 1 aliphatic rings. The second-order valence-corrected chi connectivity index (χ2v) is 7.66. The van der Waals surface area contributed by atoms with E-state index < -0.39 is 0 Å².